The van der Waals surface area contributed by atoms with Crippen molar-refractivity contribution < 1.29 is 20.1 Å². The van der Waals surface area contributed by atoms with E-state index in [4.69, 9.17) is 16.0 Å². The molecule has 0 radical (unpaired) electrons. The molecule has 12 heteroatoms. The molecule has 5 N–H and O–H groups in total. The number of aliphatic hydroxyl groups is 3. The average Bonchev–Trinajstić information content (AvgIpc) is 3.02. The normalized spacial score (nSPS) is 31.3. The van der Waals surface area contributed by atoms with E-state index in [-0.39, 0.29) is 17.0 Å². The molecule has 1 fully saturated rings. The molecule has 2 aromatic heterocycles. The number of aromatic nitrogens is 4. The van der Waals surface area contributed by atoms with Crippen LogP contribution in [-0.4, -0.2) is 59.4 Å². The first-order chi connectivity index (χ1) is 10.5. The summed E-state index contributed by atoms with van der Waals surface area (Å²) < 4.78 is 6.64. The largest absolute Gasteiger partial charge is 0.394 e. The predicted molar refractivity (Wildman–Crippen MR) is 70.8 cm³/mol. The predicted octanol–water partition coefficient (Wildman–Crippen LogP) is -1.34. The standard InChI is InChI=1S/C10H12N8O4/c11-7-5-8(14-2-13-7)18(3-15-5)9-10(21,16-17-12)6(20)4(1-19)22-9/h2-4,6,9,19-21H,1H2,(H2,11,13,14)/t4-,6-,9-,10-/m1/s1. The highest BCUT2D eigenvalue weighted by Gasteiger charge is 2.56. The van der Waals surface area contributed by atoms with Crippen LogP contribution >= 0.6 is 0 Å². The summed E-state index contributed by atoms with van der Waals surface area (Å²) in [5, 5.41) is 33.0. The number of anilines is 1. The first-order valence-electron chi connectivity index (χ1n) is 6.19. The number of rotatable bonds is 3. The van der Waals surface area contributed by atoms with Crippen molar-refractivity contribution in [3.8, 4) is 0 Å². The molecule has 3 rings (SSSR count). The number of nitrogen functional groups attached to an aromatic ring is 1. The minimum Gasteiger partial charge on any atom is -0.394 e. The van der Waals surface area contributed by atoms with Crippen LogP contribution < -0.4 is 5.73 Å². The Kier molecular flexibility index (Phi) is 3.31. The van der Waals surface area contributed by atoms with Gasteiger partial charge in [-0.3, -0.25) is 4.57 Å². The van der Waals surface area contributed by atoms with Crippen LogP contribution in [0.25, 0.3) is 21.6 Å². The van der Waals surface area contributed by atoms with Crippen LogP contribution in [0.15, 0.2) is 17.8 Å². The van der Waals surface area contributed by atoms with E-state index in [0.29, 0.717) is 0 Å². The molecule has 0 unspecified atom stereocenters. The minimum absolute atomic E-state index is 0.119. The third-order valence-corrected chi connectivity index (χ3v) is 3.48. The number of aliphatic hydroxyl groups excluding tert-OH is 2. The smallest absolute Gasteiger partial charge is 0.217 e. The van der Waals surface area contributed by atoms with Gasteiger partial charge in [-0.2, -0.15) is 0 Å². The van der Waals surface area contributed by atoms with Gasteiger partial charge < -0.3 is 25.8 Å². The van der Waals surface area contributed by atoms with Gasteiger partial charge in [0.15, 0.2) is 17.7 Å². The molecule has 4 atom stereocenters. The molecule has 1 aliphatic heterocycles. The zero-order valence-electron chi connectivity index (χ0n) is 11.1. The van der Waals surface area contributed by atoms with Gasteiger partial charge in [-0.05, 0) is 5.53 Å². The van der Waals surface area contributed by atoms with E-state index in [9.17, 15) is 15.3 Å². The molecular formula is C10H12N8O4. The van der Waals surface area contributed by atoms with E-state index >= 15 is 0 Å². The van der Waals surface area contributed by atoms with E-state index in [1.807, 2.05) is 0 Å². The van der Waals surface area contributed by atoms with Gasteiger partial charge in [0.2, 0.25) is 5.72 Å². The van der Waals surface area contributed by atoms with Gasteiger partial charge in [-0.1, -0.05) is 5.11 Å². The third-order valence-electron chi connectivity index (χ3n) is 3.48. The summed E-state index contributed by atoms with van der Waals surface area (Å²) in [7, 11) is 0. The topological polar surface area (TPSA) is 188 Å². The fourth-order valence-corrected chi connectivity index (χ4v) is 2.39. The molecule has 12 nitrogen and oxygen atoms in total. The number of ether oxygens (including phenoxy) is 1. The number of nitrogens with zero attached hydrogens (tertiary/aromatic N) is 7. The van der Waals surface area contributed by atoms with Gasteiger partial charge in [-0.25, -0.2) is 15.0 Å². The number of azide groups is 1. The van der Waals surface area contributed by atoms with E-state index in [1.54, 1.807) is 0 Å². The third kappa shape index (κ3) is 1.87. The van der Waals surface area contributed by atoms with Crippen molar-refractivity contribution in [2.75, 3.05) is 12.3 Å². The lowest BCUT2D eigenvalue weighted by Crippen LogP contribution is -2.45. The summed E-state index contributed by atoms with van der Waals surface area (Å²) in [5.74, 6) is 0.119. The van der Waals surface area contributed by atoms with Crippen LogP contribution in [-0.2, 0) is 4.74 Å². The first-order valence-corrected chi connectivity index (χ1v) is 6.19. The number of fused-ring (bicyclic) bond motifs is 1. The Balaban J connectivity index is 2.16. The summed E-state index contributed by atoms with van der Waals surface area (Å²) in [6, 6.07) is 0. The lowest BCUT2D eigenvalue weighted by Gasteiger charge is -2.26. The zero-order valence-corrected chi connectivity index (χ0v) is 11.1. The Labute approximate surface area is 122 Å². The summed E-state index contributed by atoms with van der Waals surface area (Å²) in [6.07, 6.45) is -1.66. The summed E-state index contributed by atoms with van der Waals surface area (Å²) in [4.78, 5) is 14.3. The summed E-state index contributed by atoms with van der Waals surface area (Å²) in [5.41, 5.74) is 12.5. The molecule has 1 aliphatic rings. The Hall–Kier alpha value is -2.50. The molecule has 0 bridgehead atoms. The van der Waals surface area contributed by atoms with E-state index < -0.39 is 30.8 Å². The van der Waals surface area contributed by atoms with Gasteiger partial charge in [-0.15, -0.1) is 0 Å². The average molecular weight is 308 g/mol. The van der Waals surface area contributed by atoms with Crippen LogP contribution in [0.5, 0.6) is 0 Å². The quantitative estimate of drug-likeness (QED) is 0.304. The van der Waals surface area contributed by atoms with Crippen molar-refractivity contribution in [3.63, 3.8) is 0 Å². The molecule has 0 spiro atoms. The Bertz CT molecular complexity index is 758. The molecule has 0 aliphatic carbocycles. The second-order valence-electron chi connectivity index (χ2n) is 4.71. The molecule has 0 amide bonds. The number of nitrogens with two attached hydrogens (primary N) is 1. The van der Waals surface area contributed by atoms with Gasteiger partial charge >= 0.3 is 0 Å². The summed E-state index contributed by atoms with van der Waals surface area (Å²) >= 11 is 0. The van der Waals surface area contributed by atoms with Crippen molar-refractivity contribution in [2.24, 2.45) is 5.11 Å². The fourth-order valence-electron chi connectivity index (χ4n) is 2.39. The van der Waals surface area contributed by atoms with Crippen molar-refractivity contribution >= 4 is 17.0 Å². The van der Waals surface area contributed by atoms with Crippen LogP contribution in [0.1, 0.15) is 6.23 Å². The lowest BCUT2D eigenvalue weighted by atomic mass is 10.0. The highest BCUT2D eigenvalue weighted by atomic mass is 16.6. The maximum absolute atomic E-state index is 10.5. The van der Waals surface area contributed by atoms with Crippen LogP contribution in [0.2, 0.25) is 0 Å². The fraction of sp³-hybridized carbons (Fsp3) is 0.500. The molecule has 0 aromatic carbocycles. The van der Waals surface area contributed by atoms with Crippen molar-refractivity contribution in [1.29, 1.82) is 0 Å². The Morgan fingerprint density at radius 3 is 2.95 bits per heavy atom. The molecule has 1 saturated heterocycles. The van der Waals surface area contributed by atoms with Crippen LogP contribution in [0.4, 0.5) is 5.82 Å². The summed E-state index contributed by atoms with van der Waals surface area (Å²) in [6.45, 7) is -0.579. The molecular weight excluding hydrogens is 296 g/mol. The SMILES string of the molecule is [N-]=[N+]=N[C@@]1(O)[C@H](O)[C@@H](CO)O[C@H]1n1cnc2c(N)ncnc21. The Morgan fingerprint density at radius 2 is 2.27 bits per heavy atom. The highest BCUT2D eigenvalue weighted by Crippen LogP contribution is 2.40. The minimum atomic E-state index is -2.34. The van der Waals surface area contributed by atoms with Crippen molar-refractivity contribution in [3.05, 3.63) is 23.1 Å². The molecule has 22 heavy (non-hydrogen) atoms. The first kappa shape index (κ1) is 14.4. The number of hydrogen-bond donors (Lipinski definition) is 4. The molecule has 2 aromatic rings. The zero-order chi connectivity index (χ0) is 15.9. The van der Waals surface area contributed by atoms with E-state index in [2.05, 4.69) is 25.0 Å². The molecule has 0 saturated carbocycles. The van der Waals surface area contributed by atoms with Crippen molar-refractivity contribution in [2.45, 2.75) is 24.2 Å². The maximum atomic E-state index is 10.5. The van der Waals surface area contributed by atoms with Gasteiger partial charge in [0.25, 0.3) is 0 Å². The highest BCUT2D eigenvalue weighted by molar-refractivity contribution is 5.81. The number of hydrogen-bond acceptors (Lipinski definition) is 9. The van der Waals surface area contributed by atoms with Gasteiger partial charge in [0.05, 0.1) is 12.9 Å². The van der Waals surface area contributed by atoms with Crippen molar-refractivity contribution in [1.82, 2.24) is 19.5 Å². The van der Waals surface area contributed by atoms with E-state index in [0.717, 1.165) is 0 Å². The molecule has 116 valence electrons. The second kappa shape index (κ2) is 5.05. The van der Waals surface area contributed by atoms with Crippen LogP contribution in [0.3, 0.4) is 0 Å². The van der Waals surface area contributed by atoms with Crippen LogP contribution in [0, 0.1) is 0 Å². The number of imidazole rings is 1. The monoisotopic (exact) mass is 308 g/mol. The van der Waals surface area contributed by atoms with Gasteiger partial charge in [0, 0.05) is 4.91 Å². The molecule has 3 heterocycles. The van der Waals surface area contributed by atoms with E-state index in [1.165, 1.54) is 17.2 Å². The maximum Gasteiger partial charge on any atom is 0.217 e. The second-order valence-corrected chi connectivity index (χ2v) is 4.71. The van der Waals surface area contributed by atoms with Gasteiger partial charge in [0.1, 0.15) is 24.1 Å². The lowest BCUT2D eigenvalue weighted by molar-refractivity contribution is -0.103. The Morgan fingerprint density at radius 1 is 1.50 bits per heavy atom.